The van der Waals surface area contributed by atoms with Gasteiger partial charge in [0.1, 0.15) is 0 Å². The van der Waals surface area contributed by atoms with E-state index in [1.807, 2.05) is 32.2 Å². The molecule has 0 saturated carbocycles. The van der Waals surface area contributed by atoms with Crippen LogP contribution < -0.4 is 15.4 Å². The molecule has 1 aromatic heterocycles. The summed E-state index contributed by atoms with van der Waals surface area (Å²) in [5, 5.41) is 6.50. The van der Waals surface area contributed by atoms with E-state index in [1.165, 1.54) is 0 Å². The van der Waals surface area contributed by atoms with Gasteiger partial charge in [-0.3, -0.25) is 4.99 Å². The molecule has 0 aliphatic carbocycles. The molecule has 0 amide bonds. The fourth-order valence-corrected chi connectivity index (χ4v) is 1.81. The van der Waals surface area contributed by atoms with Gasteiger partial charge in [0.25, 0.3) is 0 Å². The number of rotatable bonds is 7. The molecule has 0 fully saturated rings. The number of pyridine rings is 1. The molecule has 0 aromatic carbocycles. The topological polar surface area (TPSA) is 58.5 Å². The second-order valence-corrected chi connectivity index (χ2v) is 5.50. The Bertz CT molecular complexity index is 406. The van der Waals surface area contributed by atoms with Crippen molar-refractivity contribution in [1.29, 1.82) is 0 Å². The minimum atomic E-state index is 0.144. The highest BCUT2D eigenvalue weighted by Gasteiger charge is 2.01. The Hall–Kier alpha value is -1.43. The van der Waals surface area contributed by atoms with Crippen molar-refractivity contribution in [3.8, 4) is 5.88 Å². The standard InChI is InChI=1S/C14H24N4OS/c1-11(2)19-13-6-5-12(9-17-13)10-18-14(15-3)16-7-8-20-4/h5-6,9,11H,7-8,10H2,1-4H3,(H2,15,16,18). The van der Waals surface area contributed by atoms with Crippen LogP contribution in [0.15, 0.2) is 23.3 Å². The molecule has 0 atom stereocenters. The third-order valence-electron chi connectivity index (χ3n) is 2.44. The molecule has 0 radical (unpaired) electrons. The fraction of sp³-hybridized carbons (Fsp3) is 0.571. The Morgan fingerprint density at radius 3 is 2.75 bits per heavy atom. The van der Waals surface area contributed by atoms with Gasteiger partial charge in [-0.25, -0.2) is 4.98 Å². The summed E-state index contributed by atoms with van der Waals surface area (Å²) in [5.41, 5.74) is 1.09. The van der Waals surface area contributed by atoms with Gasteiger partial charge in [-0.2, -0.15) is 11.8 Å². The SMILES string of the molecule is CN=C(NCCSC)NCc1ccc(OC(C)C)nc1. The third kappa shape index (κ3) is 6.65. The lowest BCUT2D eigenvalue weighted by atomic mass is 10.3. The summed E-state index contributed by atoms with van der Waals surface area (Å²) >= 11 is 1.81. The van der Waals surface area contributed by atoms with Crippen LogP contribution in [0.5, 0.6) is 5.88 Å². The Morgan fingerprint density at radius 2 is 2.20 bits per heavy atom. The molecule has 0 aliphatic heterocycles. The van der Waals surface area contributed by atoms with Crippen LogP contribution in [0, 0.1) is 0 Å². The van der Waals surface area contributed by atoms with Crippen LogP contribution in [0.25, 0.3) is 0 Å². The lowest BCUT2D eigenvalue weighted by molar-refractivity contribution is 0.232. The molecule has 1 heterocycles. The van der Waals surface area contributed by atoms with Crippen LogP contribution >= 0.6 is 11.8 Å². The summed E-state index contributed by atoms with van der Waals surface area (Å²) in [4.78, 5) is 8.44. The van der Waals surface area contributed by atoms with Gasteiger partial charge in [0.15, 0.2) is 5.96 Å². The van der Waals surface area contributed by atoms with Crippen LogP contribution in [-0.2, 0) is 6.54 Å². The normalized spacial score (nSPS) is 11.6. The molecular weight excluding hydrogens is 272 g/mol. The number of aliphatic imine (C=N–C) groups is 1. The van der Waals surface area contributed by atoms with E-state index >= 15 is 0 Å². The Balaban J connectivity index is 2.40. The third-order valence-corrected chi connectivity index (χ3v) is 3.05. The Kier molecular flexibility index (Phi) is 7.87. The summed E-state index contributed by atoms with van der Waals surface area (Å²) < 4.78 is 5.51. The van der Waals surface area contributed by atoms with E-state index in [0.717, 1.165) is 23.8 Å². The molecule has 112 valence electrons. The summed E-state index contributed by atoms with van der Waals surface area (Å²) in [6, 6.07) is 3.90. The summed E-state index contributed by atoms with van der Waals surface area (Å²) in [7, 11) is 1.77. The van der Waals surface area contributed by atoms with Crippen molar-refractivity contribution in [3.63, 3.8) is 0 Å². The molecule has 0 aliphatic rings. The molecule has 20 heavy (non-hydrogen) atoms. The fourth-order valence-electron chi connectivity index (χ4n) is 1.50. The lowest BCUT2D eigenvalue weighted by Gasteiger charge is -2.12. The number of aromatic nitrogens is 1. The van der Waals surface area contributed by atoms with Crippen LogP contribution in [0.1, 0.15) is 19.4 Å². The van der Waals surface area contributed by atoms with E-state index in [-0.39, 0.29) is 6.10 Å². The molecule has 0 bridgehead atoms. The van der Waals surface area contributed by atoms with Gasteiger partial charge in [0, 0.05) is 38.2 Å². The van der Waals surface area contributed by atoms with Gasteiger partial charge in [0.05, 0.1) is 6.10 Å². The number of hydrogen-bond donors (Lipinski definition) is 2. The van der Waals surface area contributed by atoms with Crippen LogP contribution in [0.4, 0.5) is 0 Å². The maximum absolute atomic E-state index is 5.51. The molecule has 5 nitrogen and oxygen atoms in total. The van der Waals surface area contributed by atoms with E-state index < -0.39 is 0 Å². The van der Waals surface area contributed by atoms with Crippen molar-refractivity contribution in [2.45, 2.75) is 26.5 Å². The maximum Gasteiger partial charge on any atom is 0.213 e. The molecule has 1 rings (SSSR count). The van der Waals surface area contributed by atoms with Crippen LogP contribution in [0.2, 0.25) is 0 Å². The summed E-state index contributed by atoms with van der Waals surface area (Å²) in [5.74, 6) is 2.52. The lowest BCUT2D eigenvalue weighted by Crippen LogP contribution is -2.37. The molecule has 0 spiro atoms. The number of nitrogens with one attached hydrogen (secondary N) is 2. The van der Waals surface area contributed by atoms with E-state index in [9.17, 15) is 0 Å². The van der Waals surface area contributed by atoms with E-state index in [0.29, 0.717) is 12.4 Å². The number of hydrogen-bond acceptors (Lipinski definition) is 4. The predicted molar refractivity (Wildman–Crippen MR) is 86.6 cm³/mol. The first kappa shape index (κ1) is 16.6. The van der Waals surface area contributed by atoms with Crippen molar-refractivity contribution >= 4 is 17.7 Å². The highest BCUT2D eigenvalue weighted by Crippen LogP contribution is 2.09. The van der Waals surface area contributed by atoms with Crippen LogP contribution in [0.3, 0.4) is 0 Å². The Labute approximate surface area is 125 Å². The largest absolute Gasteiger partial charge is 0.475 e. The van der Waals surface area contributed by atoms with Crippen molar-refractivity contribution in [3.05, 3.63) is 23.9 Å². The van der Waals surface area contributed by atoms with Gasteiger partial charge in [-0.05, 0) is 25.7 Å². The van der Waals surface area contributed by atoms with E-state index in [2.05, 4.69) is 26.9 Å². The predicted octanol–water partition coefficient (Wildman–Crippen LogP) is 1.90. The molecule has 0 unspecified atom stereocenters. The van der Waals surface area contributed by atoms with Crippen molar-refractivity contribution in [2.24, 2.45) is 4.99 Å². The van der Waals surface area contributed by atoms with Crippen molar-refractivity contribution in [1.82, 2.24) is 15.6 Å². The average molecular weight is 296 g/mol. The molecule has 1 aromatic rings. The van der Waals surface area contributed by atoms with Gasteiger partial charge in [-0.15, -0.1) is 0 Å². The van der Waals surface area contributed by atoms with Gasteiger partial charge >= 0.3 is 0 Å². The minimum absolute atomic E-state index is 0.144. The molecule has 6 heteroatoms. The number of nitrogens with zero attached hydrogens (tertiary/aromatic N) is 2. The van der Waals surface area contributed by atoms with Gasteiger partial charge in [-0.1, -0.05) is 6.07 Å². The zero-order valence-corrected chi connectivity index (χ0v) is 13.5. The van der Waals surface area contributed by atoms with Gasteiger partial charge in [0.2, 0.25) is 5.88 Å². The first-order chi connectivity index (χ1) is 9.65. The maximum atomic E-state index is 5.51. The minimum Gasteiger partial charge on any atom is -0.475 e. The number of thioether (sulfide) groups is 1. The first-order valence-electron chi connectivity index (χ1n) is 6.70. The van der Waals surface area contributed by atoms with E-state index in [1.54, 1.807) is 18.8 Å². The molecule has 2 N–H and O–H groups in total. The highest BCUT2D eigenvalue weighted by atomic mass is 32.2. The molecular formula is C14H24N4OS. The Morgan fingerprint density at radius 1 is 1.40 bits per heavy atom. The average Bonchev–Trinajstić information content (AvgIpc) is 2.43. The van der Waals surface area contributed by atoms with Crippen LogP contribution in [-0.4, -0.2) is 42.6 Å². The van der Waals surface area contributed by atoms with E-state index in [4.69, 9.17) is 4.74 Å². The zero-order valence-electron chi connectivity index (χ0n) is 12.6. The second kappa shape index (κ2) is 9.47. The van der Waals surface area contributed by atoms with Crippen molar-refractivity contribution in [2.75, 3.05) is 25.6 Å². The number of guanidine groups is 1. The molecule has 0 saturated heterocycles. The summed E-state index contributed by atoms with van der Waals surface area (Å²) in [6.07, 6.45) is 4.05. The number of ether oxygens (including phenoxy) is 1. The quantitative estimate of drug-likeness (QED) is 0.457. The highest BCUT2D eigenvalue weighted by molar-refractivity contribution is 7.98. The second-order valence-electron chi connectivity index (χ2n) is 4.52. The smallest absolute Gasteiger partial charge is 0.213 e. The zero-order chi connectivity index (χ0) is 14.8. The summed E-state index contributed by atoms with van der Waals surface area (Å²) in [6.45, 7) is 5.57. The van der Waals surface area contributed by atoms with Crippen molar-refractivity contribution < 1.29 is 4.74 Å². The first-order valence-corrected chi connectivity index (χ1v) is 8.10. The monoisotopic (exact) mass is 296 g/mol. The van der Waals surface area contributed by atoms with Gasteiger partial charge < -0.3 is 15.4 Å².